The highest BCUT2D eigenvalue weighted by molar-refractivity contribution is 8.01. The Balaban J connectivity index is 0.000000786. The third-order valence-corrected chi connectivity index (χ3v) is 15.7. The van der Waals surface area contributed by atoms with Gasteiger partial charge in [-0.1, -0.05) is 80.1 Å². The molecular weight excluding hydrogens is 877 g/mol. The van der Waals surface area contributed by atoms with Crippen LogP contribution >= 0.6 is 47.0 Å². The Kier molecular flexibility index (Phi) is 40.0. The highest BCUT2D eigenvalue weighted by atomic mass is 32.2. The summed E-state index contributed by atoms with van der Waals surface area (Å²) >= 11 is 6.77. The zero-order valence-corrected chi connectivity index (χ0v) is 43.2. The number of carboxylic acid groups (broad SMARTS) is 2. The second-order valence-electron chi connectivity index (χ2n) is 17.8. The molecule has 5 atom stereocenters. The Morgan fingerprint density at radius 1 is 0.556 bits per heavy atom. The Bertz CT molecular complexity index is 1140. The molecule has 17 heteroatoms. The Morgan fingerprint density at radius 2 is 0.952 bits per heavy atom. The van der Waals surface area contributed by atoms with Gasteiger partial charge < -0.3 is 37.6 Å². The molecule has 370 valence electrons. The van der Waals surface area contributed by atoms with Crippen LogP contribution in [0.25, 0.3) is 0 Å². The van der Waals surface area contributed by atoms with Crippen molar-refractivity contribution >= 4 is 76.7 Å². The van der Waals surface area contributed by atoms with Gasteiger partial charge in [0.2, 0.25) is 17.7 Å². The molecule has 4 saturated heterocycles. The summed E-state index contributed by atoms with van der Waals surface area (Å²) in [5.41, 5.74) is 10.7. The van der Waals surface area contributed by atoms with Crippen LogP contribution < -0.4 is 32.7 Å². The number of nitrogens with one attached hydrogen (secondary N) is 4. The number of hydrogen-bond acceptors (Lipinski definition) is 12. The SMILES string of the molecule is CC(C)CCCCN.CC(C)CCCCNC(=O)C1CCCS1.CC(C)CCCCNC(=O)C1CCCS1.N[C@@H](CCCCNC(=O)C1NCCS1)C(=O)O.O=C(O)C1CCCS1. The largest absolute Gasteiger partial charge is 0.480 e. The van der Waals surface area contributed by atoms with Gasteiger partial charge >= 0.3 is 11.9 Å². The minimum absolute atomic E-state index is 0.00929. The van der Waals surface area contributed by atoms with E-state index in [9.17, 15) is 24.0 Å². The lowest BCUT2D eigenvalue weighted by atomic mass is 10.1. The zero-order chi connectivity index (χ0) is 47.3. The van der Waals surface area contributed by atoms with Crippen LogP contribution in [0.5, 0.6) is 0 Å². The van der Waals surface area contributed by atoms with E-state index >= 15 is 0 Å². The van der Waals surface area contributed by atoms with E-state index in [0.717, 1.165) is 112 Å². The third-order valence-electron chi connectivity index (χ3n) is 10.4. The number of aliphatic carboxylic acids is 2. The number of thioether (sulfide) groups is 4. The molecule has 0 spiro atoms. The highest BCUT2D eigenvalue weighted by Crippen LogP contribution is 2.27. The van der Waals surface area contributed by atoms with E-state index in [4.69, 9.17) is 21.7 Å². The number of nitrogens with two attached hydrogens (primary N) is 2. The van der Waals surface area contributed by atoms with Gasteiger partial charge in [0.1, 0.15) is 16.7 Å². The smallest absolute Gasteiger partial charge is 0.320 e. The number of amides is 3. The van der Waals surface area contributed by atoms with Crippen molar-refractivity contribution in [1.82, 2.24) is 21.3 Å². The molecule has 0 saturated carbocycles. The average molecular weight is 968 g/mol. The summed E-state index contributed by atoms with van der Waals surface area (Å²) in [6.07, 6.45) is 19.5. The Hall–Kier alpha value is -1.37. The van der Waals surface area contributed by atoms with E-state index in [1.165, 1.54) is 57.8 Å². The van der Waals surface area contributed by atoms with Gasteiger partial charge in [0.05, 0.1) is 10.5 Å². The first-order valence-corrected chi connectivity index (χ1v) is 28.2. The maximum absolute atomic E-state index is 11.6. The van der Waals surface area contributed by atoms with Crippen molar-refractivity contribution in [3.63, 3.8) is 0 Å². The van der Waals surface area contributed by atoms with Crippen molar-refractivity contribution in [2.24, 2.45) is 29.2 Å². The minimum atomic E-state index is -0.972. The van der Waals surface area contributed by atoms with Crippen molar-refractivity contribution in [3.8, 4) is 0 Å². The summed E-state index contributed by atoms with van der Waals surface area (Å²) in [6, 6.07) is -0.794. The van der Waals surface area contributed by atoms with Crippen LogP contribution in [0.4, 0.5) is 0 Å². The van der Waals surface area contributed by atoms with Crippen molar-refractivity contribution in [2.75, 3.05) is 55.7 Å². The van der Waals surface area contributed by atoms with Crippen LogP contribution in [-0.2, 0) is 24.0 Å². The van der Waals surface area contributed by atoms with Gasteiger partial charge in [0.25, 0.3) is 0 Å². The molecule has 0 radical (unpaired) electrons. The van der Waals surface area contributed by atoms with Gasteiger partial charge in [0, 0.05) is 31.9 Å². The first kappa shape index (κ1) is 61.6. The van der Waals surface area contributed by atoms with Crippen LogP contribution in [-0.4, -0.2) is 123 Å². The van der Waals surface area contributed by atoms with Gasteiger partial charge in [-0.05, 0) is 119 Å². The Morgan fingerprint density at radius 3 is 1.27 bits per heavy atom. The zero-order valence-electron chi connectivity index (χ0n) is 39.9. The highest BCUT2D eigenvalue weighted by Gasteiger charge is 2.24. The number of carbonyl (C=O) groups is 5. The standard InChI is InChI=1S/2C12H23NOS.C10H19N3O3S.C7H17N.C5H8O2S/c2*1-10(2)6-3-4-8-13-12(14)11-7-5-9-15-11;11-7(10(15)16)3-1-2-4-12-8(14)9-13-5-6-17-9;1-7(2)5-3-4-6-8;6-5(7)4-2-1-3-8-4/h2*10-11H,3-9H2,1-2H3,(H,13,14);7,9,13H,1-6,11H2,(H,12,14)(H,15,16);7H,3-6,8H2,1-2H3;4H,1-3H2,(H,6,7)/t;;7-,9?;;/m..0../s1. The number of rotatable bonds is 24. The van der Waals surface area contributed by atoms with Crippen molar-refractivity contribution in [3.05, 3.63) is 0 Å². The van der Waals surface area contributed by atoms with Crippen LogP contribution in [0.2, 0.25) is 0 Å². The lowest BCUT2D eigenvalue weighted by molar-refractivity contribution is -0.139. The summed E-state index contributed by atoms with van der Waals surface area (Å²) in [4.78, 5) is 55.4. The molecule has 13 nitrogen and oxygen atoms in total. The Labute approximate surface area is 399 Å². The van der Waals surface area contributed by atoms with Gasteiger partial charge in [-0.3, -0.25) is 29.3 Å². The van der Waals surface area contributed by atoms with Crippen molar-refractivity contribution in [1.29, 1.82) is 0 Å². The van der Waals surface area contributed by atoms with Crippen LogP contribution in [0.1, 0.15) is 157 Å². The fraction of sp³-hybridized carbons (Fsp3) is 0.891. The molecule has 0 aromatic carbocycles. The van der Waals surface area contributed by atoms with Crippen LogP contribution in [0.15, 0.2) is 0 Å². The second kappa shape index (κ2) is 40.9. The summed E-state index contributed by atoms with van der Waals surface area (Å²) in [7, 11) is 0. The summed E-state index contributed by atoms with van der Waals surface area (Å²) in [5.74, 6) is 5.64. The molecule has 63 heavy (non-hydrogen) atoms. The third kappa shape index (κ3) is 36.4. The van der Waals surface area contributed by atoms with E-state index in [2.05, 4.69) is 62.8 Å². The van der Waals surface area contributed by atoms with E-state index in [0.29, 0.717) is 19.4 Å². The average Bonchev–Trinajstić information content (AvgIpc) is 4.10. The van der Waals surface area contributed by atoms with Crippen LogP contribution in [0, 0.1) is 17.8 Å². The van der Waals surface area contributed by atoms with Gasteiger partial charge in [-0.2, -0.15) is 0 Å². The molecule has 4 aliphatic heterocycles. The van der Waals surface area contributed by atoms with Gasteiger partial charge in [0.15, 0.2) is 0 Å². The maximum Gasteiger partial charge on any atom is 0.320 e. The first-order chi connectivity index (χ1) is 30.1. The predicted octanol–water partition coefficient (Wildman–Crippen LogP) is 7.73. The number of unbranched alkanes of at least 4 members (excludes halogenated alkanes) is 4. The molecule has 4 rings (SSSR count). The minimum Gasteiger partial charge on any atom is -0.480 e. The quantitative estimate of drug-likeness (QED) is 0.0434. The summed E-state index contributed by atoms with van der Waals surface area (Å²) in [6.45, 7) is 17.5. The molecule has 0 aliphatic carbocycles. The molecule has 3 amide bonds. The van der Waals surface area contributed by atoms with E-state index in [-0.39, 0.29) is 38.8 Å². The number of carbonyl (C=O) groups excluding carboxylic acids is 3. The molecule has 0 bridgehead atoms. The monoisotopic (exact) mass is 967 g/mol. The topological polar surface area (TPSA) is 226 Å². The first-order valence-electron chi connectivity index (χ1n) is 24.0. The van der Waals surface area contributed by atoms with Gasteiger partial charge in [-0.15, -0.1) is 47.0 Å². The van der Waals surface area contributed by atoms with E-state index < -0.39 is 18.0 Å². The molecule has 4 aliphatic rings. The van der Waals surface area contributed by atoms with E-state index in [1.807, 2.05) is 23.5 Å². The lowest BCUT2D eigenvalue weighted by Gasteiger charge is -2.10. The van der Waals surface area contributed by atoms with Crippen molar-refractivity contribution < 1.29 is 34.2 Å². The normalized spacial score (nSPS) is 20.6. The van der Waals surface area contributed by atoms with Crippen molar-refractivity contribution in [2.45, 2.75) is 184 Å². The molecule has 4 fully saturated rings. The number of hydrogen-bond donors (Lipinski definition) is 8. The molecule has 0 aromatic heterocycles. The fourth-order valence-electron chi connectivity index (χ4n) is 6.56. The second-order valence-corrected chi connectivity index (χ2v) is 23.0. The molecule has 10 N–H and O–H groups in total. The lowest BCUT2D eigenvalue weighted by Crippen LogP contribution is -2.39. The van der Waals surface area contributed by atoms with Gasteiger partial charge in [-0.25, -0.2) is 0 Å². The molecule has 0 aromatic rings. The maximum atomic E-state index is 11.6. The molecular formula is C46H90N6O7S4. The van der Waals surface area contributed by atoms with E-state index in [1.54, 1.807) is 23.5 Å². The molecule has 4 unspecified atom stereocenters. The summed E-state index contributed by atoms with van der Waals surface area (Å²) < 4.78 is 0. The summed E-state index contributed by atoms with van der Waals surface area (Å²) in [5, 5.41) is 29.2. The van der Waals surface area contributed by atoms with Crippen LogP contribution in [0.3, 0.4) is 0 Å². The number of carboxylic acids is 2. The fourth-order valence-corrected chi connectivity index (χ4v) is 11.0. The molecule has 4 heterocycles. The predicted molar refractivity (Wildman–Crippen MR) is 272 cm³/mol.